The Hall–Kier alpha value is -0.820. The molecule has 0 radical (unpaired) electrons. The molecule has 0 amide bonds. The van der Waals surface area contributed by atoms with E-state index in [1.807, 2.05) is 18.1 Å². The SMILES string of the molecule is C=CN(C)C1=NC(CCC2CCCCC2)N(C)C=C1P. The highest BCUT2D eigenvalue weighted by atomic mass is 31.0. The quantitative estimate of drug-likeness (QED) is 0.734. The van der Waals surface area contributed by atoms with Crippen molar-refractivity contribution in [1.29, 1.82) is 0 Å². The van der Waals surface area contributed by atoms with Gasteiger partial charge in [-0.05, 0) is 25.0 Å². The number of nitrogens with zero attached hydrogens (tertiary/aromatic N) is 3. The molecule has 112 valence electrons. The van der Waals surface area contributed by atoms with Crippen molar-refractivity contribution in [1.82, 2.24) is 9.80 Å². The molecule has 3 nitrogen and oxygen atoms in total. The molecule has 1 heterocycles. The molecule has 0 spiro atoms. The summed E-state index contributed by atoms with van der Waals surface area (Å²) in [5, 5.41) is 1.13. The Morgan fingerprint density at radius 2 is 2.10 bits per heavy atom. The Morgan fingerprint density at radius 1 is 1.40 bits per heavy atom. The van der Waals surface area contributed by atoms with Crippen molar-refractivity contribution in [3.05, 3.63) is 24.3 Å². The minimum atomic E-state index is 0.277. The van der Waals surface area contributed by atoms with Gasteiger partial charge in [0, 0.05) is 25.6 Å². The second-order valence-corrected chi connectivity index (χ2v) is 6.68. The smallest absolute Gasteiger partial charge is 0.138 e. The zero-order valence-electron chi connectivity index (χ0n) is 12.9. The Bertz CT molecular complexity index is 397. The van der Waals surface area contributed by atoms with E-state index in [9.17, 15) is 0 Å². The van der Waals surface area contributed by atoms with Gasteiger partial charge in [-0.1, -0.05) is 47.9 Å². The molecule has 0 aromatic rings. The molecular weight excluding hydrogens is 265 g/mol. The lowest BCUT2D eigenvalue weighted by Gasteiger charge is -2.33. The predicted molar refractivity (Wildman–Crippen MR) is 90.5 cm³/mol. The normalized spacial score (nSPS) is 24.1. The average molecular weight is 293 g/mol. The monoisotopic (exact) mass is 293 g/mol. The molecule has 4 heteroatoms. The van der Waals surface area contributed by atoms with E-state index in [-0.39, 0.29) is 6.17 Å². The van der Waals surface area contributed by atoms with Crippen molar-refractivity contribution < 1.29 is 0 Å². The Kier molecular flexibility index (Phi) is 5.65. The molecule has 0 aromatic carbocycles. The van der Waals surface area contributed by atoms with Gasteiger partial charge in [0.2, 0.25) is 0 Å². The van der Waals surface area contributed by atoms with Crippen molar-refractivity contribution in [2.24, 2.45) is 10.9 Å². The van der Waals surface area contributed by atoms with Gasteiger partial charge in [0.15, 0.2) is 0 Å². The topological polar surface area (TPSA) is 18.8 Å². The summed E-state index contributed by atoms with van der Waals surface area (Å²) in [6, 6.07) is 0. The number of hydrogen-bond acceptors (Lipinski definition) is 3. The maximum atomic E-state index is 4.91. The molecule has 2 unspecified atom stereocenters. The molecule has 1 fully saturated rings. The fourth-order valence-electron chi connectivity index (χ4n) is 3.18. The second kappa shape index (κ2) is 7.26. The van der Waals surface area contributed by atoms with E-state index >= 15 is 0 Å². The van der Waals surface area contributed by atoms with Crippen LogP contribution in [0, 0.1) is 5.92 Å². The van der Waals surface area contributed by atoms with Gasteiger partial charge >= 0.3 is 0 Å². The maximum absolute atomic E-state index is 4.91. The average Bonchev–Trinajstić information content (AvgIpc) is 2.46. The van der Waals surface area contributed by atoms with E-state index < -0.39 is 0 Å². The van der Waals surface area contributed by atoms with E-state index in [1.54, 1.807) is 0 Å². The summed E-state index contributed by atoms with van der Waals surface area (Å²) in [6.45, 7) is 3.83. The van der Waals surface area contributed by atoms with Crippen LogP contribution in [0.4, 0.5) is 0 Å². The molecular formula is C16H28N3P. The third-order valence-corrected chi connectivity index (χ3v) is 4.92. The number of rotatable bonds is 4. The van der Waals surface area contributed by atoms with Gasteiger partial charge in [-0.25, -0.2) is 4.99 Å². The summed E-state index contributed by atoms with van der Waals surface area (Å²) in [4.78, 5) is 9.15. The van der Waals surface area contributed by atoms with E-state index in [0.717, 1.165) is 23.5 Å². The Labute approximate surface area is 126 Å². The lowest BCUT2D eigenvalue weighted by Crippen LogP contribution is -2.35. The van der Waals surface area contributed by atoms with Crippen LogP contribution < -0.4 is 0 Å². The number of likely N-dealkylation sites (N-methyl/N-ethyl adjacent to an activating group) is 1. The van der Waals surface area contributed by atoms with Crippen molar-refractivity contribution in [2.75, 3.05) is 14.1 Å². The summed E-state index contributed by atoms with van der Waals surface area (Å²) in [5.74, 6) is 1.95. The predicted octanol–water partition coefficient (Wildman–Crippen LogP) is 3.81. The highest BCUT2D eigenvalue weighted by Crippen LogP contribution is 2.30. The largest absolute Gasteiger partial charge is 0.358 e. The molecule has 0 saturated heterocycles. The standard InChI is InChI=1S/C16H28N3P/c1-4-18(2)16-14(20)12-19(3)15(17-16)11-10-13-8-6-5-7-9-13/h4,12-13,15H,1,5-11,20H2,2-3H3. The summed E-state index contributed by atoms with van der Waals surface area (Å²) in [5.41, 5.74) is 0. The van der Waals surface area contributed by atoms with E-state index in [2.05, 4.69) is 34.0 Å². The van der Waals surface area contributed by atoms with Crippen LogP contribution >= 0.6 is 9.24 Å². The molecule has 0 bridgehead atoms. The van der Waals surface area contributed by atoms with Crippen molar-refractivity contribution >= 4 is 15.1 Å². The molecule has 2 rings (SSSR count). The van der Waals surface area contributed by atoms with Crippen molar-refractivity contribution in [3.63, 3.8) is 0 Å². The first-order valence-electron chi connectivity index (χ1n) is 7.74. The highest BCUT2D eigenvalue weighted by Gasteiger charge is 2.22. The lowest BCUT2D eigenvalue weighted by molar-refractivity contribution is 0.263. The van der Waals surface area contributed by atoms with Crippen LogP contribution in [-0.2, 0) is 0 Å². The van der Waals surface area contributed by atoms with Gasteiger partial charge in [-0.2, -0.15) is 0 Å². The summed E-state index contributed by atoms with van der Waals surface area (Å²) in [6.07, 6.45) is 13.9. The maximum Gasteiger partial charge on any atom is 0.138 e. The third kappa shape index (κ3) is 3.85. The second-order valence-electron chi connectivity index (χ2n) is 6.06. The molecule has 2 atom stereocenters. The molecule has 0 aromatic heterocycles. The molecule has 0 N–H and O–H groups in total. The molecule has 1 aliphatic carbocycles. The van der Waals surface area contributed by atoms with E-state index in [1.165, 1.54) is 38.5 Å². The van der Waals surface area contributed by atoms with E-state index in [0.29, 0.717) is 0 Å². The Morgan fingerprint density at radius 3 is 2.75 bits per heavy atom. The zero-order valence-corrected chi connectivity index (χ0v) is 14.0. The van der Waals surface area contributed by atoms with Crippen LogP contribution in [0.2, 0.25) is 0 Å². The van der Waals surface area contributed by atoms with Crippen LogP contribution in [0.25, 0.3) is 0 Å². The number of hydrogen-bond donors (Lipinski definition) is 0. The van der Waals surface area contributed by atoms with Gasteiger partial charge in [-0.3, -0.25) is 0 Å². The third-order valence-electron chi connectivity index (χ3n) is 4.51. The van der Waals surface area contributed by atoms with Gasteiger partial charge < -0.3 is 9.80 Å². The van der Waals surface area contributed by atoms with Gasteiger partial charge in [0.05, 0.1) is 0 Å². The number of aliphatic imine (C=N–C) groups is 1. The first-order valence-corrected chi connectivity index (χ1v) is 8.32. The summed E-state index contributed by atoms with van der Waals surface area (Å²) >= 11 is 0. The molecule has 20 heavy (non-hydrogen) atoms. The molecule has 2 aliphatic rings. The summed E-state index contributed by atoms with van der Waals surface area (Å²) < 4.78 is 0. The van der Waals surface area contributed by atoms with Gasteiger partial charge in [0.1, 0.15) is 12.0 Å². The first-order chi connectivity index (χ1) is 9.61. The summed E-state index contributed by atoms with van der Waals surface area (Å²) in [7, 11) is 6.91. The Balaban J connectivity index is 1.95. The fraction of sp³-hybridized carbons (Fsp3) is 0.688. The minimum absolute atomic E-state index is 0.277. The van der Waals surface area contributed by atoms with Gasteiger partial charge in [-0.15, -0.1) is 0 Å². The highest BCUT2D eigenvalue weighted by molar-refractivity contribution is 7.25. The van der Waals surface area contributed by atoms with Crippen LogP contribution in [0.3, 0.4) is 0 Å². The van der Waals surface area contributed by atoms with Crippen molar-refractivity contribution in [3.8, 4) is 0 Å². The number of amidine groups is 1. The van der Waals surface area contributed by atoms with Crippen LogP contribution in [0.15, 0.2) is 29.3 Å². The van der Waals surface area contributed by atoms with Crippen LogP contribution in [0.1, 0.15) is 44.9 Å². The van der Waals surface area contributed by atoms with Crippen molar-refractivity contribution in [2.45, 2.75) is 51.1 Å². The first kappa shape index (κ1) is 15.6. The van der Waals surface area contributed by atoms with Gasteiger partial charge in [0.25, 0.3) is 0 Å². The van der Waals surface area contributed by atoms with Crippen LogP contribution in [0.5, 0.6) is 0 Å². The minimum Gasteiger partial charge on any atom is -0.358 e. The lowest BCUT2D eigenvalue weighted by atomic mass is 9.86. The molecule has 1 saturated carbocycles. The van der Waals surface area contributed by atoms with Crippen LogP contribution in [-0.4, -0.2) is 35.9 Å². The fourth-order valence-corrected chi connectivity index (χ4v) is 3.69. The zero-order chi connectivity index (χ0) is 14.5. The molecule has 1 aliphatic heterocycles. The van der Waals surface area contributed by atoms with E-state index in [4.69, 9.17) is 4.99 Å².